The number of nitrogens with zero attached hydrogens (tertiary/aromatic N) is 1. The largest absolute Gasteiger partial charge is 0.494 e. The van der Waals surface area contributed by atoms with Gasteiger partial charge in [0.05, 0.1) is 19.3 Å². The number of hydrogen-bond donors (Lipinski definition) is 2. The van der Waals surface area contributed by atoms with Gasteiger partial charge in [0.1, 0.15) is 0 Å². The average molecular weight is 282 g/mol. The third-order valence-electron chi connectivity index (χ3n) is 4.12. The van der Waals surface area contributed by atoms with E-state index in [0.717, 1.165) is 38.2 Å². The van der Waals surface area contributed by atoms with Crippen LogP contribution in [0.3, 0.4) is 0 Å². The number of nitrogens with one attached hydrogen (secondary N) is 1. The van der Waals surface area contributed by atoms with Crippen molar-refractivity contribution in [2.45, 2.75) is 18.9 Å². The molecule has 1 heterocycles. The van der Waals surface area contributed by atoms with Gasteiger partial charge in [0, 0.05) is 19.6 Å². The van der Waals surface area contributed by atoms with Gasteiger partial charge >= 0.3 is 0 Å². The fourth-order valence-electron chi connectivity index (χ4n) is 2.71. The first-order valence-electron chi connectivity index (χ1n) is 7.02. The summed E-state index contributed by atoms with van der Waals surface area (Å²) in [6.07, 6.45) is 1.02. The SMILES string of the molecule is COc1ccc(C(C)(CO)N2CCCNCC2)cc1F. The lowest BCUT2D eigenvalue weighted by molar-refractivity contribution is 0.0450. The minimum absolute atomic E-state index is 0.0429. The highest BCUT2D eigenvalue weighted by Gasteiger charge is 2.34. The first kappa shape index (κ1) is 15.2. The van der Waals surface area contributed by atoms with Crippen molar-refractivity contribution in [3.8, 4) is 5.75 Å². The van der Waals surface area contributed by atoms with Crippen LogP contribution in [0.25, 0.3) is 0 Å². The molecule has 0 saturated carbocycles. The van der Waals surface area contributed by atoms with Crippen molar-refractivity contribution in [1.82, 2.24) is 10.2 Å². The molecule has 1 atom stereocenters. The van der Waals surface area contributed by atoms with Crippen LogP contribution in [0.2, 0.25) is 0 Å². The summed E-state index contributed by atoms with van der Waals surface area (Å²) >= 11 is 0. The van der Waals surface area contributed by atoms with E-state index in [2.05, 4.69) is 10.2 Å². The van der Waals surface area contributed by atoms with Crippen molar-refractivity contribution in [2.75, 3.05) is 39.9 Å². The molecule has 0 aliphatic carbocycles. The Morgan fingerprint density at radius 3 is 2.85 bits per heavy atom. The van der Waals surface area contributed by atoms with Crippen LogP contribution in [0.1, 0.15) is 18.9 Å². The van der Waals surface area contributed by atoms with E-state index in [1.165, 1.54) is 13.2 Å². The zero-order chi connectivity index (χ0) is 14.6. The smallest absolute Gasteiger partial charge is 0.165 e. The standard InChI is InChI=1S/C15H23FN2O2/c1-15(11-19,18-8-3-6-17-7-9-18)12-4-5-14(20-2)13(16)10-12/h4-5,10,17,19H,3,6-9,11H2,1-2H3. The number of aliphatic hydroxyl groups is 1. The van der Waals surface area contributed by atoms with Crippen LogP contribution in [0.4, 0.5) is 4.39 Å². The van der Waals surface area contributed by atoms with E-state index in [4.69, 9.17) is 4.74 Å². The predicted octanol–water partition coefficient (Wildman–Crippen LogP) is 1.34. The summed E-state index contributed by atoms with van der Waals surface area (Å²) in [6.45, 7) is 5.50. The highest BCUT2D eigenvalue weighted by Crippen LogP contribution is 2.31. The number of aliphatic hydroxyl groups excluding tert-OH is 1. The summed E-state index contributed by atoms with van der Waals surface area (Å²) in [5, 5.41) is 13.2. The molecule has 2 rings (SSSR count). The molecule has 1 aromatic carbocycles. The maximum Gasteiger partial charge on any atom is 0.165 e. The van der Waals surface area contributed by atoms with Gasteiger partial charge < -0.3 is 15.2 Å². The topological polar surface area (TPSA) is 44.7 Å². The molecule has 0 radical (unpaired) electrons. The molecular formula is C15H23FN2O2. The summed E-state index contributed by atoms with van der Waals surface area (Å²) in [5.74, 6) is -0.163. The van der Waals surface area contributed by atoms with Crippen LogP contribution in [-0.4, -0.2) is 49.9 Å². The van der Waals surface area contributed by atoms with Gasteiger partial charge in [-0.1, -0.05) is 6.07 Å². The van der Waals surface area contributed by atoms with Gasteiger partial charge in [0.15, 0.2) is 11.6 Å². The lowest BCUT2D eigenvalue weighted by atomic mass is 9.90. The zero-order valence-corrected chi connectivity index (χ0v) is 12.2. The highest BCUT2D eigenvalue weighted by molar-refractivity contribution is 5.33. The van der Waals surface area contributed by atoms with E-state index >= 15 is 0 Å². The molecule has 0 bridgehead atoms. The number of benzene rings is 1. The normalized spacial score (nSPS) is 20.2. The third-order valence-corrected chi connectivity index (χ3v) is 4.12. The van der Waals surface area contributed by atoms with Gasteiger partial charge in [-0.2, -0.15) is 0 Å². The molecule has 1 unspecified atom stereocenters. The molecule has 1 fully saturated rings. The lowest BCUT2D eigenvalue weighted by Gasteiger charge is -2.40. The fraction of sp³-hybridized carbons (Fsp3) is 0.600. The Bertz CT molecular complexity index is 447. The number of hydrogen-bond acceptors (Lipinski definition) is 4. The van der Waals surface area contributed by atoms with Crippen LogP contribution < -0.4 is 10.1 Å². The van der Waals surface area contributed by atoms with Crippen LogP contribution in [-0.2, 0) is 5.54 Å². The zero-order valence-electron chi connectivity index (χ0n) is 12.2. The molecular weight excluding hydrogens is 259 g/mol. The molecule has 1 aromatic rings. The summed E-state index contributed by atoms with van der Waals surface area (Å²) in [6, 6.07) is 4.92. The van der Waals surface area contributed by atoms with Gasteiger partial charge in [-0.25, -0.2) is 4.39 Å². The Balaban J connectivity index is 2.31. The van der Waals surface area contributed by atoms with Crippen LogP contribution in [0, 0.1) is 5.82 Å². The first-order chi connectivity index (χ1) is 9.61. The third kappa shape index (κ3) is 2.95. The Kier molecular flexibility index (Phi) is 4.96. The minimum atomic E-state index is -0.570. The van der Waals surface area contributed by atoms with E-state index in [-0.39, 0.29) is 12.4 Å². The fourth-order valence-corrected chi connectivity index (χ4v) is 2.71. The van der Waals surface area contributed by atoms with Gasteiger partial charge in [-0.15, -0.1) is 0 Å². The minimum Gasteiger partial charge on any atom is -0.494 e. The molecule has 112 valence electrons. The quantitative estimate of drug-likeness (QED) is 0.875. The maximum atomic E-state index is 13.9. The summed E-state index contributed by atoms with van der Waals surface area (Å²) in [4.78, 5) is 2.22. The average Bonchev–Trinajstić information content (AvgIpc) is 2.75. The predicted molar refractivity (Wildman–Crippen MR) is 76.4 cm³/mol. The van der Waals surface area contributed by atoms with E-state index in [0.29, 0.717) is 0 Å². The monoisotopic (exact) mass is 282 g/mol. The summed E-state index contributed by atoms with van der Waals surface area (Å²) in [5.41, 5.74) is 0.208. The molecule has 0 amide bonds. The Labute approximate surface area is 119 Å². The summed E-state index contributed by atoms with van der Waals surface area (Å²) in [7, 11) is 1.45. The van der Waals surface area contributed by atoms with Crippen molar-refractivity contribution in [3.05, 3.63) is 29.6 Å². The maximum absolute atomic E-state index is 13.9. The molecule has 0 spiro atoms. The van der Waals surface area contributed by atoms with Gasteiger partial charge in [-0.3, -0.25) is 4.90 Å². The van der Waals surface area contributed by atoms with E-state index in [1.54, 1.807) is 6.07 Å². The second kappa shape index (κ2) is 6.52. The van der Waals surface area contributed by atoms with Crippen molar-refractivity contribution >= 4 is 0 Å². The van der Waals surface area contributed by atoms with Crippen LogP contribution in [0.5, 0.6) is 5.75 Å². The number of ether oxygens (including phenoxy) is 1. The van der Waals surface area contributed by atoms with E-state index in [1.807, 2.05) is 13.0 Å². The van der Waals surface area contributed by atoms with E-state index < -0.39 is 11.4 Å². The second-order valence-electron chi connectivity index (χ2n) is 5.37. The second-order valence-corrected chi connectivity index (χ2v) is 5.37. The molecule has 0 aromatic heterocycles. The van der Waals surface area contributed by atoms with Crippen LogP contribution >= 0.6 is 0 Å². The van der Waals surface area contributed by atoms with Gasteiger partial charge in [0.25, 0.3) is 0 Å². The Morgan fingerprint density at radius 1 is 1.40 bits per heavy atom. The molecule has 1 saturated heterocycles. The molecule has 2 N–H and O–H groups in total. The van der Waals surface area contributed by atoms with E-state index in [9.17, 15) is 9.50 Å². The number of halogens is 1. The molecule has 5 heteroatoms. The number of rotatable bonds is 4. The van der Waals surface area contributed by atoms with Crippen LogP contribution in [0.15, 0.2) is 18.2 Å². The Hall–Kier alpha value is -1.17. The molecule has 20 heavy (non-hydrogen) atoms. The lowest BCUT2D eigenvalue weighted by Crippen LogP contribution is -2.48. The molecule has 1 aliphatic rings. The number of methoxy groups -OCH3 is 1. The molecule has 4 nitrogen and oxygen atoms in total. The first-order valence-corrected chi connectivity index (χ1v) is 7.02. The molecule has 1 aliphatic heterocycles. The summed E-state index contributed by atoms with van der Waals surface area (Å²) < 4.78 is 18.9. The Morgan fingerprint density at radius 2 is 2.20 bits per heavy atom. The van der Waals surface area contributed by atoms with Crippen molar-refractivity contribution in [1.29, 1.82) is 0 Å². The van der Waals surface area contributed by atoms with Gasteiger partial charge in [0.2, 0.25) is 0 Å². The van der Waals surface area contributed by atoms with Crippen molar-refractivity contribution in [2.24, 2.45) is 0 Å². The highest BCUT2D eigenvalue weighted by atomic mass is 19.1. The van der Waals surface area contributed by atoms with Gasteiger partial charge in [-0.05, 0) is 37.6 Å². The van der Waals surface area contributed by atoms with Crippen molar-refractivity contribution in [3.63, 3.8) is 0 Å². The van der Waals surface area contributed by atoms with Crippen molar-refractivity contribution < 1.29 is 14.2 Å².